The summed E-state index contributed by atoms with van der Waals surface area (Å²) in [6.45, 7) is 6.08. The van der Waals surface area contributed by atoms with E-state index in [1.807, 2.05) is 4.90 Å². The third-order valence-electron chi connectivity index (χ3n) is 7.42. The third-order valence-corrected chi connectivity index (χ3v) is 7.42. The first kappa shape index (κ1) is 27.1. The van der Waals surface area contributed by atoms with Crippen LogP contribution in [-0.4, -0.2) is 83.4 Å². The third kappa shape index (κ3) is 7.32. The van der Waals surface area contributed by atoms with Gasteiger partial charge in [-0.25, -0.2) is 0 Å². The summed E-state index contributed by atoms with van der Waals surface area (Å²) in [5.74, 6) is 0.117. The maximum Gasteiger partial charge on any atom is 0.423 e. The van der Waals surface area contributed by atoms with Crippen LogP contribution in [0.2, 0.25) is 0 Å². The van der Waals surface area contributed by atoms with Crippen molar-refractivity contribution < 1.29 is 22.9 Å². The molecule has 4 rings (SSSR count). The molecule has 0 bridgehead atoms. The molecule has 11 heteroatoms. The van der Waals surface area contributed by atoms with Crippen LogP contribution in [0, 0.1) is 10.1 Å². The fraction of sp³-hybridized carbons (Fsp3) is 0.577. The van der Waals surface area contributed by atoms with Gasteiger partial charge in [0.05, 0.1) is 4.92 Å². The van der Waals surface area contributed by atoms with Gasteiger partial charge < -0.3 is 15.1 Å². The van der Waals surface area contributed by atoms with Crippen LogP contribution in [0.4, 0.5) is 24.5 Å². The monoisotopic (exact) mass is 521 g/mol. The molecule has 0 aromatic heterocycles. The Kier molecular flexibility index (Phi) is 8.86. The Morgan fingerprint density at radius 2 is 1.81 bits per heavy atom. The van der Waals surface area contributed by atoms with E-state index in [1.54, 1.807) is 0 Å². The van der Waals surface area contributed by atoms with Crippen molar-refractivity contribution in [3.8, 4) is 0 Å². The number of rotatable bonds is 8. The Morgan fingerprint density at radius 1 is 1.08 bits per heavy atom. The lowest BCUT2D eigenvalue weighted by Crippen LogP contribution is -2.50. The summed E-state index contributed by atoms with van der Waals surface area (Å²) in [6.07, 6.45) is 7.46. The van der Waals surface area contributed by atoms with Crippen LogP contribution in [0.15, 0.2) is 42.5 Å². The topological polar surface area (TPSA) is 82.0 Å². The first-order valence-corrected chi connectivity index (χ1v) is 12.9. The highest BCUT2D eigenvalue weighted by molar-refractivity contribution is 5.76. The number of benzene rings is 1. The highest BCUT2D eigenvalue weighted by atomic mass is 19.4. The molecule has 1 amide bonds. The Bertz CT molecular complexity index is 1010. The molecular formula is C26H34F3N5O3. The molecule has 0 saturated carbocycles. The number of piperidine rings is 1. The molecular weight excluding hydrogens is 487 g/mol. The number of hydrogen-bond donors (Lipinski definition) is 1. The van der Waals surface area contributed by atoms with Gasteiger partial charge in [0, 0.05) is 69.5 Å². The van der Waals surface area contributed by atoms with Crippen molar-refractivity contribution in [2.45, 2.75) is 50.4 Å². The van der Waals surface area contributed by atoms with Crippen molar-refractivity contribution in [1.82, 2.24) is 14.7 Å². The number of piperazine rings is 1. The number of allylic oxidation sites excluding steroid dienone is 2. The number of nitrogens with zero attached hydrogens (tertiary/aromatic N) is 4. The summed E-state index contributed by atoms with van der Waals surface area (Å²) < 4.78 is 39.7. The van der Waals surface area contributed by atoms with Crippen LogP contribution in [0.25, 0.3) is 0 Å². The second-order valence-corrected chi connectivity index (χ2v) is 9.88. The number of nitrogens with one attached hydrogen (secondary N) is 1. The minimum Gasteiger partial charge on any atom is -0.382 e. The molecule has 202 valence electrons. The molecule has 1 unspecified atom stereocenters. The maximum atomic E-state index is 13.2. The molecule has 0 spiro atoms. The van der Waals surface area contributed by atoms with E-state index in [-0.39, 0.29) is 17.6 Å². The minimum absolute atomic E-state index is 0.0996. The van der Waals surface area contributed by atoms with E-state index >= 15 is 0 Å². The van der Waals surface area contributed by atoms with Gasteiger partial charge in [-0.05, 0) is 44.4 Å². The number of anilines is 1. The van der Waals surface area contributed by atoms with Crippen LogP contribution >= 0.6 is 0 Å². The number of carbonyl (C=O) groups excluding carboxylic acids is 1. The molecule has 2 heterocycles. The normalized spacial score (nSPS) is 21.8. The molecule has 1 aromatic rings. The highest BCUT2D eigenvalue weighted by Crippen LogP contribution is 2.38. The largest absolute Gasteiger partial charge is 0.423 e. The SMILES string of the molecule is O=C(CCCN1CCN(C2C=CC=CC2)CC1)N1CCC(Nc2ccc([N+](=O)[O-])c(C(F)(F)F)c2)CC1. The van der Waals surface area contributed by atoms with Gasteiger partial charge in [-0.3, -0.25) is 19.8 Å². The fourth-order valence-corrected chi connectivity index (χ4v) is 5.29. The van der Waals surface area contributed by atoms with Gasteiger partial charge in [0.15, 0.2) is 0 Å². The van der Waals surface area contributed by atoms with E-state index in [2.05, 4.69) is 39.4 Å². The molecule has 1 aliphatic carbocycles. The van der Waals surface area contributed by atoms with Gasteiger partial charge >= 0.3 is 6.18 Å². The number of nitro benzene ring substituents is 1. The lowest BCUT2D eigenvalue weighted by atomic mass is 10.0. The number of amides is 1. The van der Waals surface area contributed by atoms with Gasteiger partial charge in [-0.15, -0.1) is 0 Å². The zero-order chi connectivity index (χ0) is 26.4. The van der Waals surface area contributed by atoms with Gasteiger partial charge in [-0.2, -0.15) is 13.2 Å². The highest BCUT2D eigenvalue weighted by Gasteiger charge is 2.38. The Morgan fingerprint density at radius 3 is 2.43 bits per heavy atom. The molecule has 2 saturated heterocycles. The predicted molar refractivity (Wildman–Crippen MR) is 135 cm³/mol. The van der Waals surface area contributed by atoms with Crippen LogP contribution in [0.5, 0.6) is 0 Å². The van der Waals surface area contributed by atoms with Crippen molar-refractivity contribution in [2.75, 3.05) is 51.1 Å². The molecule has 2 fully saturated rings. The van der Waals surface area contributed by atoms with Gasteiger partial charge in [0.1, 0.15) is 5.56 Å². The fourth-order valence-electron chi connectivity index (χ4n) is 5.29. The molecule has 2 aliphatic heterocycles. The molecule has 1 atom stereocenters. The summed E-state index contributed by atoms with van der Waals surface area (Å²) in [4.78, 5) is 29.4. The van der Waals surface area contributed by atoms with Crippen molar-refractivity contribution in [2.24, 2.45) is 0 Å². The molecule has 8 nitrogen and oxygen atoms in total. The van der Waals surface area contributed by atoms with Crippen molar-refractivity contribution in [3.05, 3.63) is 58.2 Å². The van der Waals surface area contributed by atoms with Crippen LogP contribution in [-0.2, 0) is 11.0 Å². The summed E-state index contributed by atoms with van der Waals surface area (Å²) >= 11 is 0. The lowest BCUT2D eigenvalue weighted by molar-refractivity contribution is -0.388. The molecule has 1 aromatic carbocycles. The maximum absolute atomic E-state index is 13.2. The number of hydrogen-bond acceptors (Lipinski definition) is 6. The zero-order valence-electron chi connectivity index (χ0n) is 20.8. The number of nitro groups is 1. The van der Waals surface area contributed by atoms with Crippen LogP contribution in [0.1, 0.15) is 37.7 Å². The van der Waals surface area contributed by atoms with E-state index in [4.69, 9.17) is 0 Å². The Balaban J connectivity index is 1.16. The Labute approximate surface area is 214 Å². The summed E-state index contributed by atoms with van der Waals surface area (Å²) in [5, 5.41) is 14.0. The van der Waals surface area contributed by atoms with E-state index in [9.17, 15) is 28.1 Å². The first-order valence-electron chi connectivity index (χ1n) is 12.9. The van der Waals surface area contributed by atoms with Crippen LogP contribution < -0.4 is 5.32 Å². The average molecular weight is 522 g/mol. The smallest absolute Gasteiger partial charge is 0.382 e. The summed E-state index contributed by atoms with van der Waals surface area (Å²) in [7, 11) is 0. The second-order valence-electron chi connectivity index (χ2n) is 9.88. The van der Waals surface area contributed by atoms with Gasteiger partial charge in [0.2, 0.25) is 5.91 Å². The summed E-state index contributed by atoms with van der Waals surface area (Å²) in [5.41, 5.74) is -2.03. The van der Waals surface area contributed by atoms with Crippen molar-refractivity contribution >= 4 is 17.3 Å². The molecule has 1 N–H and O–H groups in total. The summed E-state index contributed by atoms with van der Waals surface area (Å²) in [6, 6.07) is 3.37. The van der Waals surface area contributed by atoms with Crippen molar-refractivity contribution in [1.29, 1.82) is 0 Å². The number of alkyl halides is 3. The van der Waals surface area contributed by atoms with Gasteiger partial charge in [-0.1, -0.05) is 24.3 Å². The van der Waals surface area contributed by atoms with Crippen LogP contribution in [0.3, 0.4) is 0 Å². The average Bonchev–Trinajstić information content (AvgIpc) is 2.89. The van der Waals surface area contributed by atoms with Gasteiger partial charge in [0.25, 0.3) is 5.69 Å². The number of halogens is 3. The number of likely N-dealkylation sites (tertiary alicyclic amines) is 1. The number of carbonyl (C=O) groups is 1. The van der Waals surface area contributed by atoms with E-state index in [0.29, 0.717) is 38.4 Å². The first-order chi connectivity index (χ1) is 17.7. The second kappa shape index (κ2) is 12.1. The standard InChI is InChI=1S/C26H34F3N5O3/c27-26(28,29)23-19-21(8-9-24(23)34(36)37)30-20-10-13-33(14-11-20)25(35)7-4-12-31-15-17-32(18-16-31)22-5-2-1-3-6-22/h1-3,5,8-9,19-20,22,30H,4,6-7,10-18H2. The minimum atomic E-state index is -4.81. The van der Waals surface area contributed by atoms with Crippen molar-refractivity contribution in [3.63, 3.8) is 0 Å². The Hall–Kier alpha value is -2.92. The molecule has 37 heavy (non-hydrogen) atoms. The molecule has 0 radical (unpaired) electrons. The van der Waals surface area contributed by atoms with E-state index in [1.165, 1.54) is 6.07 Å². The lowest BCUT2D eigenvalue weighted by Gasteiger charge is -2.38. The predicted octanol–water partition coefficient (Wildman–Crippen LogP) is 4.30. The molecule has 3 aliphatic rings. The van der Waals surface area contributed by atoms with E-state index < -0.39 is 22.4 Å². The quantitative estimate of drug-likeness (QED) is 0.406. The van der Waals surface area contributed by atoms with E-state index in [0.717, 1.165) is 57.7 Å². The zero-order valence-corrected chi connectivity index (χ0v) is 20.8.